The molecule has 2 aromatic heterocycles. The lowest BCUT2D eigenvalue weighted by Crippen LogP contribution is -1.98. The molecular formula is C22H14ClN3. The predicted molar refractivity (Wildman–Crippen MR) is 107 cm³/mol. The first-order chi connectivity index (χ1) is 12.8. The Bertz CT molecular complexity index is 1230. The minimum absolute atomic E-state index is 0.720. The summed E-state index contributed by atoms with van der Waals surface area (Å²) in [5.41, 5.74) is 6.67. The lowest BCUT2D eigenvalue weighted by atomic mass is 10.1. The summed E-state index contributed by atoms with van der Waals surface area (Å²) in [6.07, 6.45) is 0. The largest absolute Gasteiger partial charge is 0.293 e. The Morgan fingerprint density at radius 2 is 1.31 bits per heavy atom. The van der Waals surface area contributed by atoms with Gasteiger partial charge in [-0.2, -0.15) is 0 Å². The van der Waals surface area contributed by atoms with Gasteiger partial charge in [0, 0.05) is 10.7 Å². The van der Waals surface area contributed by atoms with E-state index in [0.717, 1.165) is 44.2 Å². The molecule has 26 heavy (non-hydrogen) atoms. The summed E-state index contributed by atoms with van der Waals surface area (Å²) in [7, 11) is 0. The van der Waals surface area contributed by atoms with Gasteiger partial charge in [0.25, 0.3) is 0 Å². The third-order valence-corrected chi connectivity index (χ3v) is 4.71. The van der Waals surface area contributed by atoms with E-state index in [1.165, 1.54) is 0 Å². The number of nitrogens with zero attached hydrogens (tertiary/aromatic N) is 3. The van der Waals surface area contributed by atoms with Gasteiger partial charge in [0.1, 0.15) is 5.52 Å². The van der Waals surface area contributed by atoms with Crippen LogP contribution < -0.4 is 0 Å². The summed E-state index contributed by atoms with van der Waals surface area (Å²) in [6.45, 7) is 0. The molecule has 0 fully saturated rings. The van der Waals surface area contributed by atoms with Gasteiger partial charge < -0.3 is 0 Å². The maximum atomic E-state index is 6.07. The highest BCUT2D eigenvalue weighted by atomic mass is 35.5. The monoisotopic (exact) mass is 355 g/mol. The van der Waals surface area contributed by atoms with Gasteiger partial charge in [0.2, 0.25) is 0 Å². The first-order valence-electron chi connectivity index (χ1n) is 8.39. The van der Waals surface area contributed by atoms with E-state index in [9.17, 15) is 0 Å². The molecule has 2 heterocycles. The number of rotatable bonds is 2. The van der Waals surface area contributed by atoms with Crippen LogP contribution in [0.1, 0.15) is 0 Å². The van der Waals surface area contributed by atoms with E-state index >= 15 is 0 Å². The maximum absolute atomic E-state index is 6.07. The maximum Gasteiger partial charge on any atom is 0.164 e. The molecule has 0 aliphatic carbocycles. The second kappa shape index (κ2) is 5.97. The summed E-state index contributed by atoms with van der Waals surface area (Å²) in [6, 6.07) is 28.1. The standard InChI is InChI=1S/C22H14ClN3/c23-16-12-10-15(11-13-16)21-14-20-22(26(21)17-6-2-1-3-7-17)25-19-9-5-4-8-18(19)24-20/h1-14H. The highest BCUT2D eigenvalue weighted by Crippen LogP contribution is 2.31. The summed E-state index contributed by atoms with van der Waals surface area (Å²) in [5.74, 6) is 0. The van der Waals surface area contributed by atoms with E-state index in [4.69, 9.17) is 21.6 Å². The Morgan fingerprint density at radius 3 is 2.04 bits per heavy atom. The topological polar surface area (TPSA) is 30.7 Å². The Morgan fingerprint density at radius 1 is 0.654 bits per heavy atom. The van der Waals surface area contributed by atoms with Gasteiger partial charge in [-0.25, -0.2) is 9.97 Å². The molecule has 0 bridgehead atoms. The fourth-order valence-electron chi connectivity index (χ4n) is 3.25. The average molecular weight is 356 g/mol. The molecule has 0 aliphatic rings. The quantitative estimate of drug-likeness (QED) is 0.395. The zero-order valence-corrected chi connectivity index (χ0v) is 14.6. The van der Waals surface area contributed by atoms with Crippen LogP contribution in [0.2, 0.25) is 5.02 Å². The third-order valence-electron chi connectivity index (χ3n) is 4.46. The Balaban J connectivity index is 1.88. The fourth-order valence-corrected chi connectivity index (χ4v) is 3.37. The van der Waals surface area contributed by atoms with Gasteiger partial charge in [0.05, 0.1) is 16.7 Å². The molecule has 0 unspecified atom stereocenters. The summed E-state index contributed by atoms with van der Waals surface area (Å²) in [5, 5.41) is 0.720. The van der Waals surface area contributed by atoms with Crippen LogP contribution in [0.3, 0.4) is 0 Å². The molecule has 3 aromatic carbocycles. The Labute approximate surface area is 155 Å². The number of hydrogen-bond donors (Lipinski definition) is 0. The zero-order valence-electron chi connectivity index (χ0n) is 13.8. The number of aromatic nitrogens is 3. The Hall–Kier alpha value is -3.17. The van der Waals surface area contributed by atoms with Crippen molar-refractivity contribution in [3.63, 3.8) is 0 Å². The van der Waals surface area contributed by atoms with Gasteiger partial charge in [-0.05, 0) is 48.0 Å². The molecule has 4 heteroatoms. The van der Waals surface area contributed by atoms with Crippen LogP contribution in [-0.4, -0.2) is 14.5 Å². The second-order valence-electron chi connectivity index (χ2n) is 6.13. The highest BCUT2D eigenvalue weighted by Gasteiger charge is 2.15. The van der Waals surface area contributed by atoms with E-state index in [-0.39, 0.29) is 0 Å². The van der Waals surface area contributed by atoms with Crippen molar-refractivity contribution in [3.05, 3.63) is 90.0 Å². The van der Waals surface area contributed by atoms with Crippen LogP contribution in [0.5, 0.6) is 0 Å². The van der Waals surface area contributed by atoms with Crippen LogP contribution in [0, 0.1) is 0 Å². The lowest BCUT2D eigenvalue weighted by molar-refractivity contribution is 1.10. The first-order valence-corrected chi connectivity index (χ1v) is 8.77. The Kier molecular flexibility index (Phi) is 3.47. The van der Waals surface area contributed by atoms with E-state index < -0.39 is 0 Å². The lowest BCUT2D eigenvalue weighted by Gasteiger charge is -2.10. The highest BCUT2D eigenvalue weighted by molar-refractivity contribution is 6.30. The third kappa shape index (κ3) is 2.45. The number of hydrogen-bond acceptors (Lipinski definition) is 2. The number of para-hydroxylation sites is 3. The van der Waals surface area contributed by atoms with Crippen LogP contribution in [0.25, 0.3) is 39.1 Å². The smallest absolute Gasteiger partial charge is 0.164 e. The van der Waals surface area contributed by atoms with Crippen molar-refractivity contribution < 1.29 is 0 Å². The minimum atomic E-state index is 0.720. The molecule has 124 valence electrons. The number of halogens is 1. The van der Waals surface area contributed by atoms with Gasteiger partial charge in [-0.15, -0.1) is 0 Å². The van der Waals surface area contributed by atoms with Gasteiger partial charge in [0.15, 0.2) is 5.65 Å². The van der Waals surface area contributed by atoms with Gasteiger partial charge in [-0.3, -0.25) is 4.57 Å². The zero-order chi connectivity index (χ0) is 17.5. The summed E-state index contributed by atoms with van der Waals surface area (Å²) in [4.78, 5) is 9.71. The van der Waals surface area contributed by atoms with E-state index in [1.807, 2.05) is 66.7 Å². The van der Waals surface area contributed by atoms with Gasteiger partial charge in [-0.1, -0.05) is 54.1 Å². The minimum Gasteiger partial charge on any atom is -0.293 e. The van der Waals surface area contributed by atoms with Crippen molar-refractivity contribution in [2.24, 2.45) is 0 Å². The molecule has 0 radical (unpaired) electrons. The van der Waals surface area contributed by atoms with Crippen LogP contribution >= 0.6 is 11.6 Å². The molecule has 0 amide bonds. The summed E-state index contributed by atoms with van der Waals surface area (Å²) < 4.78 is 2.15. The summed E-state index contributed by atoms with van der Waals surface area (Å²) >= 11 is 6.07. The van der Waals surface area contributed by atoms with E-state index in [2.05, 4.69) is 22.8 Å². The molecule has 5 rings (SSSR count). The molecule has 0 aliphatic heterocycles. The van der Waals surface area contributed by atoms with E-state index in [0.29, 0.717) is 0 Å². The van der Waals surface area contributed by atoms with Crippen molar-refractivity contribution >= 4 is 33.8 Å². The number of fused-ring (bicyclic) bond motifs is 2. The normalized spacial score (nSPS) is 11.3. The predicted octanol–water partition coefficient (Wildman–Crippen LogP) is 5.89. The molecule has 0 saturated carbocycles. The van der Waals surface area contributed by atoms with Crippen LogP contribution in [0.15, 0.2) is 84.9 Å². The molecule has 0 spiro atoms. The second-order valence-corrected chi connectivity index (χ2v) is 6.57. The number of benzene rings is 3. The van der Waals surface area contributed by atoms with Crippen molar-refractivity contribution in [1.29, 1.82) is 0 Å². The molecule has 0 atom stereocenters. The van der Waals surface area contributed by atoms with Gasteiger partial charge >= 0.3 is 0 Å². The van der Waals surface area contributed by atoms with Crippen LogP contribution in [0.4, 0.5) is 0 Å². The van der Waals surface area contributed by atoms with E-state index in [1.54, 1.807) is 0 Å². The molecular weight excluding hydrogens is 342 g/mol. The molecule has 3 nitrogen and oxygen atoms in total. The SMILES string of the molecule is Clc1ccc(-c2cc3nc4ccccc4nc3n2-c2ccccc2)cc1. The molecule has 5 aromatic rings. The van der Waals surface area contributed by atoms with Crippen molar-refractivity contribution in [2.45, 2.75) is 0 Å². The first kappa shape index (κ1) is 15.1. The van der Waals surface area contributed by atoms with Crippen molar-refractivity contribution in [2.75, 3.05) is 0 Å². The van der Waals surface area contributed by atoms with Crippen LogP contribution in [-0.2, 0) is 0 Å². The van der Waals surface area contributed by atoms with Crippen molar-refractivity contribution in [1.82, 2.24) is 14.5 Å². The van der Waals surface area contributed by atoms with Crippen molar-refractivity contribution in [3.8, 4) is 16.9 Å². The fraction of sp³-hybridized carbons (Fsp3) is 0. The molecule has 0 N–H and O–H groups in total. The average Bonchev–Trinajstić information content (AvgIpc) is 3.05. The molecule has 0 saturated heterocycles.